The van der Waals surface area contributed by atoms with Crippen molar-refractivity contribution >= 4 is 28.8 Å². The molecule has 4 N–H and O–H groups in total. The van der Waals surface area contributed by atoms with Gasteiger partial charge < -0.3 is 5.73 Å². The van der Waals surface area contributed by atoms with E-state index < -0.39 is 5.84 Å². The molecular formula is C10H7ClN6. The summed E-state index contributed by atoms with van der Waals surface area (Å²) >= 11 is 5.71. The SMILES string of the molecule is N#C/C(=N\Nc1ccc(Cl)cc1C#N)C(=N)N. The lowest BCUT2D eigenvalue weighted by Gasteiger charge is -2.03. The van der Waals surface area contributed by atoms with Crippen molar-refractivity contribution in [2.24, 2.45) is 10.8 Å². The molecule has 17 heavy (non-hydrogen) atoms. The number of anilines is 1. The molecule has 0 amide bonds. The molecule has 0 saturated carbocycles. The van der Waals surface area contributed by atoms with Crippen LogP contribution >= 0.6 is 11.6 Å². The monoisotopic (exact) mass is 246 g/mol. The first kappa shape index (κ1) is 12.5. The van der Waals surface area contributed by atoms with E-state index >= 15 is 0 Å². The largest absolute Gasteiger partial charge is 0.382 e. The maximum atomic E-state index is 8.85. The van der Waals surface area contributed by atoms with Gasteiger partial charge in [-0.1, -0.05) is 11.6 Å². The Morgan fingerprint density at radius 1 is 1.47 bits per heavy atom. The van der Waals surface area contributed by atoms with E-state index in [1.54, 1.807) is 18.2 Å². The average molecular weight is 247 g/mol. The zero-order valence-corrected chi connectivity index (χ0v) is 9.28. The van der Waals surface area contributed by atoms with Crippen LogP contribution in [-0.2, 0) is 0 Å². The lowest BCUT2D eigenvalue weighted by Crippen LogP contribution is -2.21. The zero-order valence-electron chi connectivity index (χ0n) is 8.53. The van der Waals surface area contributed by atoms with Crippen molar-refractivity contribution in [1.82, 2.24) is 0 Å². The van der Waals surface area contributed by atoms with Gasteiger partial charge >= 0.3 is 0 Å². The summed E-state index contributed by atoms with van der Waals surface area (Å²) in [6.07, 6.45) is 0. The summed E-state index contributed by atoms with van der Waals surface area (Å²) in [5.74, 6) is -0.451. The Labute approximate surface area is 102 Å². The molecule has 0 fully saturated rings. The fraction of sp³-hybridized carbons (Fsp3) is 0. The summed E-state index contributed by atoms with van der Waals surface area (Å²) in [6.45, 7) is 0. The molecule has 0 aliphatic carbocycles. The normalized spacial score (nSPS) is 10.2. The molecule has 84 valence electrons. The minimum absolute atomic E-state index is 0.260. The van der Waals surface area contributed by atoms with Crippen LogP contribution in [0.3, 0.4) is 0 Å². The fourth-order valence-electron chi connectivity index (χ4n) is 0.968. The molecule has 0 atom stereocenters. The second-order valence-corrected chi connectivity index (χ2v) is 3.34. The molecule has 0 aliphatic rings. The van der Waals surface area contributed by atoms with Crippen LogP contribution in [0, 0.1) is 28.1 Å². The van der Waals surface area contributed by atoms with Crippen LogP contribution in [0.25, 0.3) is 0 Å². The highest BCUT2D eigenvalue weighted by Crippen LogP contribution is 2.19. The summed E-state index contributed by atoms with van der Waals surface area (Å²) < 4.78 is 0. The number of hydrazone groups is 1. The molecule has 0 bridgehead atoms. The summed E-state index contributed by atoms with van der Waals surface area (Å²) in [5.41, 5.74) is 8.00. The van der Waals surface area contributed by atoms with E-state index in [0.717, 1.165) is 0 Å². The predicted octanol–water partition coefficient (Wildman–Crippen LogP) is 1.44. The molecule has 1 rings (SSSR count). The number of hydrogen-bond donors (Lipinski definition) is 3. The van der Waals surface area contributed by atoms with Gasteiger partial charge in [-0.05, 0) is 18.2 Å². The van der Waals surface area contributed by atoms with Crippen LogP contribution in [0.15, 0.2) is 23.3 Å². The smallest absolute Gasteiger partial charge is 0.201 e. The molecule has 0 heterocycles. The van der Waals surface area contributed by atoms with Crippen LogP contribution in [0.5, 0.6) is 0 Å². The number of nitrogens with one attached hydrogen (secondary N) is 2. The van der Waals surface area contributed by atoms with Gasteiger partial charge in [-0.15, -0.1) is 0 Å². The Kier molecular flexibility index (Phi) is 4.04. The van der Waals surface area contributed by atoms with Gasteiger partial charge in [-0.25, -0.2) is 0 Å². The number of amidine groups is 1. The van der Waals surface area contributed by atoms with Crippen molar-refractivity contribution < 1.29 is 0 Å². The van der Waals surface area contributed by atoms with Crippen LogP contribution in [0.4, 0.5) is 5.69 Å². The third-order valence-electron chi connectivity index (χ3n) is 1.75. The Morgan fingerprint density at radius 2 is 2.18 bits per heavy atom. The summed E-state index contributed by atoms with van der Waals surface area (Å²) in [6, 6.07) is 8.14. The lowest BCUT2D eigenvalue weighted by molar-refractivity contribution is 1.32. The average Bonchev–Trinajstić information content (AvgIpc) is 2.31. The summed E-state index contributed by atoms with van der Waals surface area (Å²) in [5, 5.41) is 28.5. The second kappa shape index (κ2) is 5.50. The van der Waals surface area contributed by atoms with E-state index in [0.29, 0.717) is 10.7 Å². The van der Waals surface area contributed by atoms with Gasteiger partial charge in [0.05, 0.1) is 11.3 Å². The van der Waals surface area contributed by atoms with Crippen LogP contribution < -0.4 is 11.2 Å². The van der Waals surface area contributed by atoms with Crippen LogP contribution in [0.2, 0.25) is 5.02 Å². The van der Waals surface area contributed by atoms with E-state index in [2.05, 4.69) is 10.5 Å². The van der Waals surface area contributed by atoms with Crippen molar-refractivity contribution in [3.05, 3.63) is 28.8 Å². The molecule has 7 heteroatoms. The van der Waals surface area contributed by atoms with Crippen LogP contribution in [0.1, 0.15) is 5.56 Å². The number of nitrogens with zero attached hydrogens (tertiary/aromatic N) is 3. The molecule has 1 aromatic carbocycles. The Balaban J connectivity index is 3.02. The van der Waals surface area contributed by atoms with E-state index in [4.69, 9.17) is 33.3 Å². The molecule has 0 aromatic heterocycles. The van der Waals surface area contributed by atoms with Crippen molar-refractivity contribution in [2.45, 2.75) is 0 Å². The molecule has 0 spiro atoms. The zero-order chi connectivity index (χ0) is 12.8. The van der Waals surface area contributed by atoms with Gasteiger partial charge in [0.2, 0.25) is 5.71 Å². The maximum absolute atomic E-state index is 8.85. The number of halogens is 1. The molecule has 0 aliphatic heterocycles. The molecular weight excluding hydrogens is 240 g/mol. The maximum Gasteiger partial charge on any atom is 0.201 e. The van der Waals surface area contributed by atoms with E-state index in [9.17, 15) is 0 Å². The first-order valence-corrected chi connectivity index (χ1v) is 4.74. The van der Waals surface area contributed by atoms with E-state index in [-0.39, 0.29) is 11.3 Å². The fourth-order valence-corrected chi connectivity index (χ4v) is 1.14. The highest BCUT2D eigenvalue weighted by atomic mass is 35.5. The molecule has 0 radical (unpaired) electrons. The Hall–Kier alpha value is -2.57. The Bertz CT molecular complexity index is 563. The van der Waals surface area contributed by atoms with E-state index in [1.807, 2.05) is 6.07 Å². The minimum Gasteiger partial charge on any atom is -0.382 e. The minimum atomic E-state index is -0.451. The van der Waals surface area contributed by atoms with Gasteiger partial charge in [0.1, 0.15) is 12.1 Å². The van der Waals surface area contributed by atoms with Crippen LogP contribution in [-0.4, -0.2) is 11.5 Å². The summed E-state index contributed by atoms with van der Waals surface area (Å²) in [4.78, 5) is 0. The van der Waals surface area contributed by atoms with Gasteiger partial charge in [-0.2, -0.15) is 15.6 Å². The third kappa shape index (κ3) is 3.20. The topological polar surface area (TPSA) is 122 Å². The quantitative estimate of drug-likeness (QED) is 0.424. The van der Waals surface area contributed by atoms with Crippen molar-refractivity contribution in [3.8, 4) is 12.1 Å². The standard InChI is InChI=1S/C10H7ClN6/c11-7-1-2-8(6(3-7)4-12)16-17-9(5-13)10(14)15/h1-3,16H,(H3,14,15)/b17-9+. The molecule has 0 saturated heterocycles. The van der Waals surface area contributed by atoms with Crippen molar-refractivity contribution in [3.63, 3.8) is 0 Å². The highest BCUT2D eigenvalue weighted by Gasteiger charge is 2.04. The number of nitrogens with two attached hydrogens (primary N) is 1. The molecule has 6 nitrogen and oxygen atoms in total. The predicted molar refractivity (Wildman–Crippen MR) is 64.8 cm³/mol. The number of rotatable bonds is 3. The molecule has 1 aromatic rings. The van der Waals surface area contributed by atoms with Gasteiger partial charge in [0, 0.05) is 5.02 Å². The van der Waals surface area contributed by atoms with E-state index in [1.165, 1.54) is 6.07 Å². The number of benzene rings is 1. The molecule has 0 unspecified atom stereocenters. The third-order valence-corrected chi connectivity index (χ3v) is 1.99. The van der Waals surface area contributed by atoms with Gasteiger partial charge in [0.15, 0.2) is 5.84 Å². The second-order valence-electron chi connectivity index (χ2n) is 2.90. The van der Waals surface area contributed by atoms with Gasteiger partial charge in [-0.3, -0.25) is 10.8 Å². The number of hydrogen-bond acceptors (Lipinski definition) is 5. The van der Waals surface area contributed by atoms with Gasteiger partial charge in [0.25, 0.3) is 0 Å². The summed E-state index contributed by atoms with van der Waals surface area (Å²) in [7, 11) is 0. The highest BCUT2D eigenvalue weighted by molar-refractivity contribution is 6.45. The lowest BCUT2D eigenvalue weighted by atomic mass is 10.2. The Morgan fingerprint density at radius 3 is 2.71 bits per heavy atom. The van der Waals surface area contributed by atoms with Crippen molar-refractivity contribution in [2.75, 3.05) is 5.43 Å². The number of nitriles is 2. The first-order chi connectivity index (χ1) is 8.08. The van der Waals surface area contributed by atoms with Crippen molar-refractivity contribution in [1.29, 1.82) is 15.9 Å². The first-order valence-electron chi connectivity index (χ1n) is 4.36.